The van der Waals surface area contributed by atoms with E-state index < -0.39 is 0 Å². The molecule has 1 aliphatic rings. The van der Waals surface area contributed by atoms with E-state index in [4.69, 9.17) is 0 Å². The fraction of sp³-hybridized carbons (Fsp3) is 0.909. The van der Waals surface area contributed by atoms with Gasteiger partial charge in [0.2, 0.25) is 0 Å². The zero-order valence-electron chi connectivity index (χ0n) is 9.51. The summed E-state index contributed by atoms with van der Waals surface area (Å²) >= 11 is 0. The molecule has 0 aromatic heterocycles. The van der Waals surface area contributed by atoms with Crippen molar-refractivity contribution in [1.82, 2.24) is 10.2 Å². The predicted octanol–water partition coefficient (Wildman–Crippen LogP) is 1.36. The van der Waals surface area contributed by atoms with Crippen molar-refractivity contribution < 1.29 is 0 Å². The maximum Gasteiger partial charge on any atom is 0.108 e. The molecule has 2 unspecified atom stereocenters. The van der Waals surface area contributed by atoms with Crippen LogP contribution in [-0.4, -0.2) is 36.6 Å². The lowest BCUT2D eigenvalue weighted by Gasteiger charge is -2.25. The molecular formula is C11H21N3. The topological polar surface area (TPSA) is 39.1 Å². The molecule has 1 saturated carbocycles. The molecule has 1 N–H and O–H groups in total. The van der Waals surface area contributed by atoms with Crippen molar-refractivity contribution in [2.24, 2.45) is 0 Å². The van der Waals surface area contributed by atoms with Gasteiger partial charge in [0.15, 0.2) is 0 Å². The Morgan fingerprint density at radius 1 is 1.57 bits per heavy atom. The SMILES string of the molecule is CCNC1(C#N)CCC(N(C)CC)C1. The molecule has 1 fully saturated rings. The fourth-order valence-electron chi connectivity index (χ4n) is 2.29. The van der Waals surface area contributed by atoms with E-state index in [2.05, 4.69) is 37.2 Å². The Morgan fingerprint density at radius 2 is 2.29 bits per heavy atom. The molecular weight excluding hydrogens is 174 g/mol. The first-order valence-corrected chi connectivity index (χ1v) is 5.54. The maximum absolute atomic E-state index is 9.19. The van der Waals surface area contributed by atoms with Gasteiger partial charge in [-0.2, -0.15) is 5.26 Å². The molecule has 3 heteroatoms. The van der Waals surface area contributed by atoms with Crippen molar-refractivity contribution in [3.63, 3.8) is 0 Å². The highest BCUT2D eigenvalue weighted by atomic mass is 15.1. The summed E-state index contributed by atoms with van der Waals surface area (Å²) in [5.41, 5.74) is -0.247. The second kappa shape index (κ2) is 4.77. The van der Waals surface area contributed by atoms with Crippen LogP contribution in [0.3, 0.4) is 0 Å². The first-order chi connectivity index (χ1) is 6.67. The Hall–Kier alpha value is -0.590. The largest absolute Gasteiger partial charge is 0.304 e. The first-order valence-electron chi connectivity index (χ1n) is 5.54. The molecule has 2 atom stereocenters. The van der Waals surface area contributed by atoms with Crippen molar-refractivity contribution >= 4 is 0 Å². The first kappa shape index (κ1) is 11.5. The van der Waals surface area contributed by atoms with E-state index in [9.17, 15) is 5.26 Å². The fourth-order valence-corrected chi connectivity index (χ4v) is 2.29. The molecule has 0 saturated heterocycles. The van der Waals surface area contributed by atoms with E-state index in [1.54, 1.807) is 0 Å². The van der Waals surface area contributed by atoms with E-state index in [1.807, 2.05) is 0 Å². The van der Waals surface area contributed by atoms with E-state index in [0.717, 1.165) is 32.4 Å². The van der Waals surface area contributed by atoms with Gasteiger partial charge in [-0.25, -0.2) is 0 Å². The smallest absolute Gasteiger partial charge is 0.108 e. The molecule has 0 amide bonds. The molecule has 1 aliphatic carbocycles. The molecule has 0 aliphatic heterocycles. The van der Waals surface area contributed by atoms with Crippen LogP contribution in [0.4, 0.5) is 0 Å². The Kier molecular flexibility index (Phi) is 3.91. The van der Waals surface area contributed by atoms with E-state index in [-0.39, 0.29) is 5.54 Å². The van der Waals surface area contributed by atoms with Crippen molar-refractivity contribution in [2.75, 3.05) is 20.1 Å². The van der Waals surface area contributed by atoms with Crippen molar-refractivity contribution in [2.45, 2.75) is 44.7 Å². The molecule has 1 rings (SSSR count). The van der Waals surface area contributed by atoms with Crippen LogP contribution < -0.4 is 5.32 Å². The quantitative estimate of drug-likeness (QED) is 0.736. The van der Waals surface area contributed by atoms with Gasteiger partial charge < -0.3 is 4.90 Å². The third-order valence-electron chi connectivity index (χ3n) is 3.34. The molecule has 0 spiro atoms. The standard InChI is InChI=1S/C11H21N3/c1-4-13-11(9-12)7-6-10(8-11)14(3)5-2/h10,13H,4-8H2,1-3H3. The number of nitriles is 1. The Bertz CT molecular complexity index is 221. The van der Waals surface area contributed by atoms with Gasteiger partial charge in [0.25, 0.3) is 0 Å². The zero-order chi connectivity index (χ0) is 10.6. The van der Waals surface area contributed by atoms with E-state index in [1.165, 1.54) is 0 Å². The van der Waals surface area contributed by atoms with Crippen LogP contribution in [0.2, 0.25) is 0 Å². The van der Waals surface area contributed by atoms with Gasteiger partial charge in [0, 0.05) is 6.04 Å². The van der Waals surface area contributed by atoms with Gasteiger partial charge in [-0.05, 0) is 39.4 Å². The number of rotatable bonds is 4. The van der Waals surface area contributed by atoms with Crippen LogP contribution in [-0.2, 0) is 0 Å². The molecule has 0 heterocycles. The summed E-state index contributed by atoms with van der Waals surface area (Å²) in [6.45, 7) is 6.18. The van der Waals surface area contributed by atoms with E-state index >= 15 is 0 Å². The summed E-state index contributed by atoms with van der Waals surface area (Å²) in [4.78, 5) is 2.34. The third-order valence-corrected chi connectivity index (χ3v) is 3.34. The van der Waals surface area contributed by atoms with Crippen LogP contribution in [0.5, 0.6) is 0 Å². The van der Waals surface area contributed by atoms with Gasteiger partial charge in [-0.3, -0.25) is 5.32 Å². The lowest BCUT2D eigenvalue weighted by Crippen LogP contribution is -2.43. The summed E-state index contributed by atoms with van der Waals surface area (Å²) in [5, 5.41) is 12.5. The van der Waals surface area contributed by atoms with E-state index in [0.29, 0.717) is 6.04 Å². The van der Waals surface area contributed by atoms with Gasteiger partial charge in [-0.15, -0.1) is 0 Å². The number of nitrogens with one attached hydrogen (secondary N) is 1. The second-order valence-electron chi connectivity index (χ2n) is 4.19. The average molecular weight is 195 g/mol. The molecule has 0 radical (unpaired) electrons. The van der Waals surface area contributed by atoms with Crippen LogP contribution in [0.1, 0.15) is 33.1 Å². The van der Waals surface area contributed by atoms with Gasteiger partial charge in [-0.1, -0.05) is 13.8 Å². The lowest BCUT2D eigenvalue weighted by molar-refractivity contribution is 0.248. The number of nitrogens with zero attached hydrogens (tertiary/aromatic N) is 2. The third kappa shape index (κ3) is 2.26. The monoisotopic (exact) mass is 195 g/mol. The molecule has 14 heavy (non-hydrogen) atoms. The molecule has 0 aromatic rings. The highest BCUT2D eigenvalue weighted by molar-refractivity contribution is 5.13. The molecule has 3 nitrogen and oxygen atoms in total. The lowest BCUT2D eigenvalue weighted by atomic mass is 9.99. The number of hydrogen-bond donors (Lipinski definition) is 1. The maximum atomic E-state index is 9.19. The van der Waals surface area contributed by atoms with Crippen LogP contribution in [0, 0.1) is 11.3 Å². The molecule has 0 aromatic carbocycles. The summed E-state index contributed by atoms with van der Waals surface area (Å²) in [7, 11) is 2.14. The number of hydrogen-bond acceptors (Lipinski definition) is 3. The minimum Gasteiger partial charge on any atom is -0.304 e. The Morgan fingerprint density at radius 3 is 2.79 bits per heavy atom. The highest BCUT2D eigenvalue weighted by Crippen LogP contribution is 2.31. The highest BCUT2D eigenvalue weighted by Gasteiger charge is 2.39. The Labute approximate surface area is 87.1 Å². The van der Waals surface area contributed by atoms with Crippen LogP contribution in [0.25, 0.3) is 0 Å². The van der Waals surface area contributed by atoms with Gasteiger partial charge in [0.1, 0.15) is 5.54 Å². The summed E-state index contributed by atoms with van der Waals surface area (Å²) in [6, 6.07) is 3.03. The van der Waals surface area contributed by atoms with Crippen molar-refractivity contribution in [3.05, 3.63) is 0 Å². The van der Waals surface area contributed by atoms with Gasteiger partial charge in [0.05, 0.1) is 6.07 Å². The Balaban J connectivity index is 2.57. The van der Waals surface area contributed by atoms with Crippen molar-refractivity contribution in [3.8, 4) is 6.07 Å². The molecule has 80 valence electrons. The minimum atomic E-state index is -0.247. The molecule has 0 bridgehead atoms. The second-order valence-corrected chi connectivity index (χ2v) is 4.19. The normalized spacial score (nSPS) is 32.1. The summed E-state index contributed by atoms with van der Waals surface area (Å²) in [5.74, 6) is 0. The van der Waals surface area contributed by atoms with Crippen LogP contribution in [0.15, 0.2) is 0 Å². The zero-order valence-corrected chi connectivity index (χ0v) is 9.51. The summed E-state index contributed by atoms with van der Waals surface area (Å²) < 4.78 is 0. The van der Waals surface area contributed by atoms with Gasteiger partial charge >= 0.3 is 0 Å². The van der Waals surface area contributed by atoms with Crippen LogP contribution >= 0.6 is 0 Å². The minimum absolute atomic E-state index is 0.247. The average Bonchev–Trinajstić information content (AvgIpc) is 2.62. The summed E-state index contributed by atoms with van der Waals surface area (Å²) in [6.07, 6.45) is 3.11. The van der Waals surface area contributed by atoms with Crippen molar-refractivity contribution in [1.29, 1.82) is 5.26 Å². The predicted molar refractivity (Wildman–Crippen MR) is 58.0 cm³/mol.